The molecule has 152 valence electrons. The van der Waals surface area contributed by atoms with E-state index in [1.54, 1.807) is 49.5 Å². The van der Waals surface area contributed by atoms with Crippen LogP contribution in [-0.2, 0) is 16.0 Å². The van der Waals surface area contributed by atoms with Crippen molar-refractivity contribution in [2.24, 2.45) is 5.92 Å². The highest BCUT2D eigenvalue weighted by molar-refractivity contribution is 7.15. The zero-order valence-electron chi connectivity index (χ0n) is 16.1. The molecule has 1 atom stereocenters. The fourth-order valence-corrected chi connectivity index (χ4v) is 4.12. The maximum atomic E-state index is 13.8. The van der Waals surface area contributed by atoms with Gasteiger partial charge in [0.05, 0.1) is 5.69 Å². The van der Waals surface area contributed by atoms with E-state index in [0.717, 1.165) is 9.78 Å². The SMILES string of the molecule is C[C@@H]1CC(=O)N(c2cccc(C(=O)Nc3ncc(Cc4ccccc4F)s3)c2)C1=O. The van der Waals surface area contributed by atoms with Gasteiger partial charge in [-0.05, 0) is 29.8 Å². The number of nitrogens with zero attached hydrogens (tertiary/aromatic N) is 2. The van der Waals surface area contributed by atoms with Crippen LogP contribution in [0.4, 0.5) is 15.2 Å². The lowest BCUT2D eigenvalue weighted by atomic mass is 10.1. The van der Waals surface area contributed by atoms with E-state index in [2.05, 4.69) is 10.3 Å². The van der Waals surface area contributed by atoms with Crippen LogP contribution in [0, 0.1) is 11.7 Å². The van der Waals surface area contributed by atoms with Crippen molar-refractivity contribution in [3.8, 4) is 0 Å². The number of anilines is 2. The first kappa shape index (κ1) is 19.9. The topological polar surface area (TPSA) is 79.4 Å². The number of carbonyl (C=O) groups is 3. The van der Waals surface area contributed by atoms with Crippen LogP contribution in [0.3, 0.4) is 0 Å². The van der Waals surface area contributed by atoms with Gasteiger partial charge in [-0.3, -0.25) is 24.6 Å². The summed E-state index contributed by atoms with van der Waals surface area (Å²) < 4.78 is 13.8. The van der Waals surface area contributed by atoms with Crippen LogP contribution < -0.4 is 10.2 Å². The third-order valence-corrected chi connectivity index (χ3v) is 5.75. The minimum absolute atomic E-state index is 0.166. The minimum atomic E-state index is -0.407. The van der Waals surface area contributed by atoms with Gasteiger partial charge >= 0.3 is 0 Å². The van der Waals surface area contributed by atoms with Crippen molar-refractivity contribution >= 4 is 39.9 Å². The van der Waals surface area contributed by atoms with Gasteiger partial charge in [0.25, 0.3) is 5.91 Å². The number of halogens is 1. The Morgan fingerprint density at radius 2 is 2.03 bits per heavy atom. The number of benzene rings is 2. The van der Waals surface area contributed by atoms with Gasteiger partial charge < -0.3 is 0 Å². The zero-order valence-corrected chi connectivity index (χ0v) is 16.9. The van der Waals surface area contributed by atoms with Crippen LogP contribution in [0.15, 0.2) is 54.7 Å². The van der Waals surface area contributed by atoms with E-state index in [4.69, 9.17) is 0 Å². The molecule has 4 rings (SSSR count). The second-order valence-corrected chi connectivity index (χ2v) is 8.19. The molecular formula is C22H18FN3O3S. The Labute approximate surface area is 176 Å². The number of nitrogens with one attached hydrogen (secondary N) is 1. The van der Waals surface area contributed by atoms with Gasteiger partial charge in [-0.15, -0.1) is 11.3 Å². The minimum Gasteiger partial charge on any atom is -0.298 e. The molecule has 2 aromatic carbocycles. The monoisotopic (exact) mass is 423 g/mol. The number of hydrogen-bond donors (Lipinski definition) is 1. The fourth-order valence-electron chi connectivity index (χ4n) is 3.29. The average molecular weight is 423 g/mol. The highest BCUT2D eigenvalue weighted by atomic mass is 32.1. The van der Waals surface area contributed by atoms with Crippen molar-refractivity contribution in [3.63, 3.8) is 0 Å². The lowest BCUT2D eigenvalue weighted by molar-refractivity contribution is -0.122. The van der Waals surface area contributed by atoms with Crippen molar-refractivity contribution in [1.29, 1.82) is 0 Å². The van der Waals surface area contributed by atoms with E-state index >= 15 is 0 Å². The third kappa shape index (κ3) is 3.99. The first-order valence-corrected chi connectivity index (χ1v) is 10.2. The maximum absolute atomic E-state index is 13.8. The standard InChI is InChI=1S/C22H18FN3O3S/c1-13-9-19(27)26(21(13)29)16-7-4-6-15(10-16)20(28)25-22-24-12-17(30-22)11-14-5-2-3-8-18(14)23/h2-8,10,12-13H,9,11H2,1H3,(H,24,25,28)/t13-/m1/s1. The van der Waals surface area contributed by atoms with Crippen LogP contribution in [0.25, 0.3) is 0 Å². The molecule has 1 aliphatic rings. The number of thiazole rings is 1. The number of aromatic nitrogens is 1. The number of hydrogen-bond acceptors (Lipinski definition) is 5. The molecule has 3 aromatic rings. The summed E-state index contributed by atoms with van der Waals surface area (Å²) in [7, 11) is 0. The van der Waals surface area contributed by atoms with Crippen LogP contribution in [-0.4, -0.2) is 22.7 Å². The van der Waals surface area contributed by atoms with E-state index in [0.29, 0.717) is 28.4 Å². The number of carbonyl (C=O) groups excluding carboxylic acids is 3. The third-order valence-electron chi connectivity index (χ3n) is 4.84. The summed E-state index contributed by atoms with van der Waals surface area (Å²) >= 11 is 1.26. The predicted octanol–water partition coefficient (Wildman–Crippen LogP) is 4.02. The van der Waals surface area contributed by atoms with Crippen molar-refractivity contribution in [3.05, 3.63) is 76.5 Å². The van der Waals surface area contributed by atoms with E-state index in [-0.39, 0.29) is 30.0 Å². The van der Waals surface area contributed by atoms with Gasteiger partial charge in [-0.2, -0.15) is 0 Å². The van der Waals surface area contributed by atoms with Crippen LogP contribution in [0.2, 0.25) is 0 Å². The molecule has 0 unspecified atom stereocenters. The van der Waals surface area contributed by atoms with E-state index in [1.165, 1.54) is 23.5 Å². The Hall–Kier alpha value is -3.39. The molecule has 0 saturated carbocycles. The first-order valence-electron chi connectivity index (χ1n) is 9.38. The van der Waals surface area contributed by atoms with E-state index < -0.39 is 5.91 Å². The lowest BCUT2D eigenvalue weighted by Crippen LogP contribution is -2.30. The molecule has 1 aromatic heterocycles. The number of amides is 3. The van der Waals surface area contributed by atoms with Crippen LogP contribution >= 0.6 is 11.3 Å². The molecule has 0 aliphatic carbocycles. The molecule has 8 heteroatoms. The van der Waals surface area contributed by atoms with Gasteiger partial charge in [0.2, 0.25) is 11.8 Å². The average Bonchev–Trinajstić information content (AvgIpc) is 3.27. The highest BCUT2D eigenvalue weighted by Crippen LogP contribution is 2.27. The Bertz CT molecular complexity index is 1140. The van der Waals surface area contributed by atoms with Crippen molar-refractivity contribution < 1.29 is 18.8 Å². The summed E-state index contributed by atoms with van der Waals surface area (Å²) in [5.74, 6) is -1.60. The highest BCUT2D eigenvalue weighted by Gasteiger charge is 2.36. The summed E-state index contributed by atoms with van der Waals surface area (Å²) in [5.41, 5.74) is 1.24. The second-order valence-electron chi connectivity index (χ2n) is 7.08. The van der Waals surface area contributed by atoms with Gasteiger partial charge in [-0.1, -0.05) is 31.2 Å². The lowest BCUT2D eigenvalue weighted by Gasteiger charge is -2.15. The van der Waals surface area contributed by atoms with E-state index in [9.17, 15) is 18.8 Å². The largest absolute Gasteiger partial charge is 0.298 e. The maximum Gasteiger partial charge on any atom is 0.257 e. The molecule has 6 nitrogen and oxygen atoms in total. The molecule has 30 heavy (non-hydrogen) atoms. The van der Waals surface area contributed by atoms with Gasteiger partial charge in [0, 0.05) is 35.4 Å². The first-order chi connectivity index (χ1) is 14.4. The van der Waals surface area contributed by atoms with Crippen molar-refractivity contribution in [1.82, 2.24) is 4.98 Å². The molecular weight excluding hydrogens is 405 g/mol. The van der Waals surface area contributed by atoms with Gasteiger partial charge in [0.15, 0.2) is 5.13 Å². The molecule has 1 fully saturated rings. The molecule has 1 aliphatic heterocycles. The molecule has 0 spiro atoms. The van der Waals surface area contributed by atoms with Crippen LogP contribution in [0.1, 0.15) is 34.1 Å². The van der Waals surface area contributed by atoms with Gasteiger partial charge in [-0.25, -0.2) is 9.37 Å². The molecule has 3 amide bonds. The molecule has 1 saturated heterocycles. The van der Waals surface area contributed by atoms with Crippen LogP contribution in [0.5, 0.6) is 0 Å². The summed E-state index contributed by atoms with van der Waals surface area (Å²) in [6.45, 7) is 1.71. The Balaban J connectivity index is 1.47. The second kappa shape index (κ2) is 8.16. The normalized spacial score (nSPS) is 16.2. The van der Waals surface area contributed by atoms with Gasteiger partial charge in [0.1, 0.15) is 5.82 Å². The quantitative estimate of drug-likeness (QED) is 0.629. The summed E-state index contributed by atoms with van der Waals surface area (Å²) in [5, 5.41) is 3.10. The molecule has 1 N–H and O–H groups in total. The predicted molar refractivity (Wildman–Crippen MR) is 112 cm³/mol. The van der Waals surface area contributed by atoms with Crippen molar-refractivity contribution in [2.45, 2.75) is 19.8 Å². The molecule has 0 radical (unpaired) electrons. The molecule has 2 heterocycles. The Morgan fingerprint density at radius 1 is 1.23 bits per heavy atom. The van der Waals surface area contributed by atoms with E-state index in [1.807, 2.05) is 0 Å². The Kier molecular flexibility index (Phi) is 5.41. The van der Waals surface area contributed by atoms with Crippen molar-refractivity contribution in [2.75, 3.05) is 10.2 Å². The smallest absolute Gasteiger partial charge is 0.257 e. The summed E-state index contributed by atoms with van der Waals surface area (Å²) in [6, 6.07) is 12.9. The fraction of sp³-hybridized carbons (Fsp3) is 0.182. The number of rotatable bonds is 5. The molecule has 0 bridgehead atoms. The number of imide groups is 1. The summed E-state index contributed by atoms with van der Waals surface area (Å²) in [6.07, 6.45) is 2.15. The summed E-state index contributed by atoms with van der Waals surface area (Å²) in [4.78, 5) is 43.1. The Morgan fingerprint density at radius 3 is 2.77 bits per heavy atom. The zero-order chi connectivity index (χ0) is 21.3.